The van der Waals surface area contributed by atoms with Gasteiger partial charge in [0.25, 0.3) is 0 Å². The molecule has 17 heavy (non-hydrogen) atoms. The van der Waals surface area contributed by atoms with E-state index in [4.69, 9.17) is 0 Å². The molecule has 1 heteroatoms. The van der Waals surface area contributed by atoms with Gasteiger partial charge in [-0.3, -0.25) is 4.79 Å². The number of carbonyl (C=O) groups is 1. The van der Waals surface area contributed by atoms with Gasteiger partial charge in [0.15, 0.2) is 5.78 Å². The highest BCUT2D eigenvalue weighted by molar-refractivity contribution is 5.91. The van der Waals surface area contributed by atoms with Crippen LogP contribution >= 0.6 is 0 Å². The average Bonchev–Trinajstić information content (AvgIpc) is 2.20. The second kappa shape index (κ2) is 5.84. The van der Waals surface area contributed by atoms with Crippen molar-refractivity contribution in [2.45, 2.75) is 66.7 Å². The van der Waals surface area contributed by atoms with Gasteiger partial charge in [0.05, 0.1) is 0 Å². The van der Waals surface area contributed by atoms with Crippen LogP contribution in [0.15, 0.2) is 11.6 Å². The first kappa shape index (κ1) is 14.5. The summed E-state index contributed by atoms with van der Waals surface area (Å²) >= 11 is 0. The van der Waals surface area contributed by atoms with Crippen molar-refractivity contribution < 1.29 is 4.79 Å². The molecule has 0 amide bonds. The van der Waals surface area contributed by atoms with Crippen LogP contribution in [0.3, 0.4) is 0 Å². The lowest BCUT2D eigenvalue weighted by atomic mass is 9.64. The van der Waals surface area contributed by atoms with E-state index in [2.05, 4.69) is 34.6 Å². The Morgan fingerprint density at radius 3 is 2.47 bits per heavy atom. The number of hydrogen-bond acceptors (Lipinski definition) is 1. The topological polar surface area (TPSA) is 17.1 Å². The largest absolute Gasteiger partial charge is 0.295 e. The van der Waals surface area contributed by atoms with Gasteiger partial charge in [0.1, 0.15) is 0 Å². The maximum Gasteiger partial charge on any atom is 0.155 e. The van der Waals surface area contributed by atoms with Gasteiger partial charge >= 0.3 is 0 Å². The standard InChI is InChI=1S/C12H18O.C4H10/c1-9-3-5-12(2)6-4-11(13)8-10(12)7-9;1-4(2)3/h8-9H,3-7H2,1-2H3;4H,1-3H3. The summed E-state index contributed by atoms with van der Waals surface area (Å²) in [6.45, 7) is 11.1. The maximum absolute atomic E-state index is 11.3. The molecule has 2 aliphatic carbocycles. The van der Waals surface area contributed by atoms with E-state index >= 15 is 0 Å². The highest BCUT2D eigenvalue weighted by atomic mass is 16.1. The summed E-state index contributed by atoms with van der Waals surface area (Å²) in [5, 5.41) is 0. The van der Waals surface area contributed by atoms with E-state index < -0.39 is 0 Å². The second-order valence-corrected chi connectivity index (χ2v) is 6.78. The van der Waals surface area contributed by atoms with E-state index in [-0.39, 0.29) is 0 Å². The summed E-state index contributed by atoms with van der Waals surface area (Å²) in [7, 11) is 0. The SMILES string of the molecule is CC(C)C.CC1CCC2(C)CCC(=O)C=C2C1. The molecule has 0 aromatic rings. The summed E-state index contributed by atoms with van der Waals surface area (Å²) in [4.78, 5) is 11.3. The zero-order chi connectivity index (χ0) is 13.1. The van der Waals surface area contributed by atoms with Gasteiger partial charge in [-0.25, -0.2) is 0 Å². The fraction of sp³-hybridized carbons (Fsp3) is 0.812. The van der Waals surface area contributed by atoms with Gasteiger partial charge in [0, 0.05) is 6.42 Å². The van der Waals surface area contributed by atoms with Crippen LogP contribution in [0.4, 0.5) is 0 Å². The lowest BCUT2D eigenvalue weighted by Crippen LogP contribution is -2.30. The molecular weight excluding hydrogens is 208 g/mol. The third-order valence-corrected chi connectivity index (χ3v) is 3.79. The van der Waals surface area contributed by atoms with Crippen molar-refractivity contribution >= 4 is 5.78 Å². The molecule has 98 valence electrons. The fourth-order valence-electron chi connectivity index (χ4n) is 2.63. The lowest BCUT2D eigenvalue weighted by molar-refractivity contribution is -0.115. The second-order valence-electron chi connectivity index (χ2n) is 6.78. The van der Waals surface area contributed by atoms with Gasteiger partial charge in [-0.05, 0) is 49.0 Å². The lowest BCUT2D eigenvalue weighted by Gasteiger charge is -2.41. The zero-order valence-corrected chi connectivity index (χ0v) is 12.2. The van der Waals surface area contributed by atoms with E-state index in [9.17, 15) is 4.79 Å². The third-order valence-electron chi connectivity index (χ3n) is 3.79. The van der Waals surface area contributed by atoms with Gasteiger partial charge in [-0.2, -0.15) is 0 Å². The number of allylic oxidation sites excluding steroid dienone is 2. The van der Waals surface area contributed by atoms with Crippen molar-refractivity contribution in [3.05, 3.63) is 11.6 Å². The van der Waals surface area contributed by atoms with Crippen LogP contribution in [0.1, 0.15) is 66.7 Å². The van der Waals surface area contributed by atoms with Crippen molar-refractivity contribution in [1.82, 2.24) is 0 Å². The minimum Gasteiger partial charge on any atom is -0.295 e. The zero-order valence-electron chi connectivity index (χ0n) is 12.2. The van der Waals surface area contributed by atoms with Crippen molar-refractivity contribution in [1.29, 1.82) is 0 Å². The molecule has 2 aliphatic rings. The quantitative estimate of drug-likeness (QED) is 0.592. The van der Waals surface area contributed by atoms with Crippen molar-refractivity contribution in [3.8, 4) is 0 Å². The Morgan fingerprint density at radius 1 is 1.29 bits per heavy atom. The summed E-state index contributed by atoms with van der Waals surface area (Å²) in [5.74, 6) is 1.96. The van der Waals surface area contributed by atoms with Crippen LogP contribution < -0.4 is 0 Å². The van der Waals surface area contributed by atoms with E-state index in [0.29, 0.717) is 11.2 Å². The van der Waals surface area contributed by atoms with E-state index in [1.807, 2.05) is 6.08 Å². The minimum atomic E-state index is 0.349. The Labute approximate surface area is 107 Å². The normalized spacial score (nSPS) is 32.5. The molecule has 0 bridgehead atoms. The molecule has 0 spiro atoms. The number of ketones is 1. The highest BCUT2D eigenvalue weighted by Crippen LogP contribution is 2.47. The molecule has 0 aliphatic heterocycles. The van der Waals surface area contributed by atoms with Crippen molar-refractivity contribution in [2.75, 3.05) is 0 Å². The first-order valence-corrected chi connectivity index (χ1v) is 7.07. The molecule has 0 aromatic heterocycles. The van der Waals surface area contributed by atoms with Gasteiger partial charge < -0.3 is 0 Å². The Balaban J connectivity index is 0.000000317. The molecule has 1 nitrogen and oxygen atoms in total. The van der Waals surface area contributed by atoms with Gasteiger partial charge in [0.2, 0.25) is 0 Å². The number of fused-ring (bicyclic) bond motifs is 1. The number of rotatable bonds is 0. The third kappa shape index (κ3) is 4.29. The van der Waals surface area contributed by atoms with E-state index in [1.54, 1.807) is 0 Å². The average molecular weight is 236 g/mol. The Morgan fingerprint density at radius 2 is 1.88 bits per heavy atom. The molecule has 2 atom stereocenters. The molecule has 1 fully saturated rings. The van der Waals surface area contributed by atoms with Gasteiger partial charge in [-0.1, -0.05) is 40.2 Å². The van der Waals surface area contributed by atoms with E-state index in [0.717, 1.165) is 31.1 Å². The van der Waals surface area contributed by atoms with E-state index in [1.165, 1.54) is 18.4 Å². The van der Waals surface area contributed by atoms with Crippen LogP contribution in [0.2, 0.25) is 0 Å². The molecule has 0 heterocycles. The summed E-state index contributed by atoms with van der Waals surface area (Å²) in [5.41, 5.74) is 1.81. The predicted octanol–water partition coefficient (Wildman–Crippen LogP) is 4.76. The molecule has 0 aromatic carbocycles. The maximum atomic E-state index is 11.3. The fourth-order valence-corrected chi connectivity index (χ4v) is 2.63. The summed E-state index contributed by atoms with van der Waals surface area (Å²) in [6.07, 6.45) is 7.56. The molecular formula is C16H28O. The van der Waals surface area contributed by atoms with Crippen LogP contribution in [0, 0.1) is 17.3 Å². The summed E-state index contributed by atoms with van der Waals surface area (Å²) in [6, 6.07) is 0. The molecule has 2 rings (SSSR count). The minimum absolute atomic E-state index is 0.349. The van der Waals surface area contributed by atoms with Crippen LogP contribution in [-0.2, 0) is 4.79 Å². The molecule has 1 saturated carbocycles. The van der Waals surface area contributed by atoms with Gasteiger partial charge in [-0.15, -0.1) is 0 Å². The van der Waals surface area contributed by atoms with Crippen LogP contribution in [0.5, 0.6) is 0 Å². The highest BCUT2D eigenvalue weighted by Gasteiger charge is 2.36. The monoisotopic (exact) mass is 236 g/mol. The Kier molecular flexibility index (Phi) is 4.97. The number of hydrogen-bond donors (Lipinski definition) is 0. The summed E-state index contributed by atoms with van der Waals surface area (Å²) < 4.78 is 0. The van der Waals surface area contributed by atoms with Crippen LogP contribution in [-0.4, -0.2) is 5.78 Å². The first-order valence-electron chi connectivity index (χ1n) is 7.07. The van der Waals surface area contributed by atoms with Crippen molar-refractivity contribution in [3.63, 3.8) is 0 Å². The smallest absolute Gasteiger partial charge is 0.155 e. The molecule has 0 saturated heterocycles. The Bertz CT molecular complexity index is 298. The predicted molar refractivity (Wildman–Crippen MR) is 74.0 cm³/mol. The molecule has 0 radical (unpaired) electrons. The first-order chi connectivity index (χ1) is 7.83. The molecule has 2 unspecified atom stereocenters. The van der Waals surface area contributed by atoms with Crippen LogP contribution in [0.25, 0.3) is 0 Å². The number of carbonyl (C=O) groups excluding carboxylic acids is 1. The Hall–Kier alpha value is -0.590. The molecule has 0 N–H and O–H groups in total. The van der Waals surface area contributed by atoms with Crippen molar-refractivity contribution in [2.24, 2.45) is 17.3 Å².